The Morgan fingerprint density at radius 1 is 0.842 bits per heavy atom. The Morgan fingerprint density at radius 2 is 1.37 bits per heavy atom. The molecule has 202 valence electrons. The molecule has 0 fully saturated rings. The van der Waals surface area contributed by atoms with E-state index in [-0.39, 0.29) is 17.3 Å². The number of hydrogen-bond donors (Lipinski definition) is 1. The number of anilines is 1. The van der Waals surface area contributed by atoms with Gasteiger partial charge in [0, 0.05) is 12.1 Å². The Morgan fingerprint density at radius 3 is 1.89 bits per heavy atom. The van der Waals surface area contributed by atoms with Gasteiger partial charge >= 0.3 is 0 Å². The maximum atomic E-state index is 13.9. The molecular weight excluding hydrogens is 498 g/mol. The fourth-order valence-corrected chi connectivity index (χ4v) is 5.32. The number of amides is 2. The summed E-state index contributed by atoms with van der Waals surface area (Å²) >= 11 is 0. The molecule has 3 aromatic rings. The van der Waals surface area contributed by atoms with E-state index in [0.29, 0.717) is 5.69 Å². The standard InChI is InChI=1S/C30H37N3O4S/c1-22-12-16-25(17-13-22)20-32(24(3)29(35)31-30(4,5)6)28(34)21-33(26-10-8-7-9-11-26)38(36,37)27-18-14-23(2)15-19-27/h7-19,24H,20-21H2,1-6H3,(H,31,35)/t24-/m0/s1. The van der Waals surface area contributed by atoms with Gasteiger partial charge in [0.25, 0.3) is 10.0 Å². The molecule has 0 saturated heterocycles. The van der Waals surface area contributed by atoms with Gasteiger partial charge < -0.3 is 10.2 Å². The topological polar surface area (TPSA) is 86.8 Å². The average Bonchev–Trinajstić information content (AvgIpc) is 2.86. The predicted molar refractivity (Wildman–Crippen MR) is 151 cm³/mol. The van der Waals surface area contributed by atoms with E-state index in [0.717, 1.165) is 21.0 Å². The molecule has 3 aromatic carbocycles. The number of benzene rings is 3. The number of aryl methyl sites for hydroxylation is 2. The van der Waals surface area contributed by atoms with Crippen molar-refractivity contribution in [3.05, 3.63) is 95.6 Å². The molecule has 0 aliphatic heterocycles. The highest BCUT2D eigenvalue weighted by molar-refractivity contribution is 7.92. The summed E-state index contributed by atoms with van der Waals surface area (Å²) in [6, 6.07) is 21.9. The highest BCUT2D eigenvalue weighted by atomic mass is 32.2. The van der Waals surface area contributed by atoms with Crippen LogP contribution < -0.4 is 9.62 Å². The Kier molecular flexibility index (Phi) is 8.99. The van der Waals surface area contributed by atoms with Gasteiger partial charge in [0.15, 0.2) is 0 Å². The largest absolute Gasteiger partial charge is 0.350 e. The summed E-state index contributed by atoms with van der Waals surface area (Å²) in [5.74, 6) is -0.799. The first-order valence-electron chi connectivity index (χ1n) is 12.6. The quantitative estimate of drug-likeness (QED) is 0.425. The van der Waals surface area contributed by atoms with E-state index < -0.39 is 34.1 Å². The van der Waals surface area contributed by atoms with E-state index >= 15 is 0 Å². The first-order chi connectivity index (χ1) is 17.8. The Bertz CT molecular complexity index is 1350. The first-order valence-corrected chi connectivity index (χ1v) is 14.0. The third kappa shape index (κ3) is 7.44. The monoisotopic (exact) mass is 535 g/mol. The molecule has 8 heteroatoms. The summed E-state index contributed by atoms with van der Waals surface area (Å²) in [4.78, 5) is 28.5. The first kappa shape index (κ1) is 28.9. The normalized spacial score (nSPS) is 12.5. The van der Waals surface area contributed by atoms with E-state index in [2.05, 4.69) is 5.32 Å². The molecule has 7 nitrogen and oxygen atoms in total. The maximum Gasteiger partial charge on any atom is 0.264 e. The molecule has 1 N–H and O–H groups in total. The van der Waals surface area contributed by atoms with Gasteiger partial charge in [0.2, 0.25) is 11.8 Å². The van der Waals surface area contributed by atoms with Gasteiger partial charge in [-0.1, -0.05) is 65.7 Å². The molecule has 0 aromatic heterocycles. The number of nitrogens with one attached hydrogen (secondary N) is 1. The minimum atomic E-state index is -4.07. The summed E-state index contributed by atoms with van der Waals surface area (Å²) in [6.45, 7) is 10.8. The molecule has 0 heterocycles. The lowest BCUT2D eigenvalue weighted by molar-refractivity contribution is -0.140. The summed E-state index contributed by atoms with van der Waals surface area (Å²) in [5, 5.41) is 2.93. The van der Waals surface area contributed by atoms with E-state index in [1.807, 2.05) is 58.9 Å². The summed E-state index contributed by atoms with van der Waals surface area (Å²) < 4.78 is 28.6. The molecule has 2 amide bonds. The number of carbonyl (C=O) groups excluding carboxylic acids is 2. The molecule has 0 spiro atoms. The van der Waals surface area contributed by atoms with Crippen LogP contribution in [0.2, 0.25) is 0 Å². The third-order valence-electron chi connectivity index (χ3n) is 6.07. The van der Waals surface area contributed by atoms with Crippen LogP contribution in [-0.2, 0) is 26.2 Å². The number of para-hydroxylation sites is 1. The van der Waals surface area contributed by atoms with Crippen molar-refractivity contribution < 1.29 is 18.0 Å². The minimum Gasteiger partial charge on any atom is -0.350 e. The van der Waals surface area contributed by atoms with Crippen molar-refractivity contribution in [1.82, 2.24) is 10.2 Å². The van der Waals surface area contributed by atoms with E-state index in [4.69, 9.17) is 0 Å². The lowest BCUT2D eigenvalue weighted by Crippen LogP contribution is -2.54. The zero-order valence-corrected chi connectivity index (χ0v) is 23.7. The van der Waals surface area contributed by atoms with Gasteiger partial charge in [-0.05, 0) is 71.4 Å². The lowest BCUT2D eigenvalue weighted by Gasteiger charge is -2.33. The average molecular weight is 536 g/mol. The smallest absolute Gasteiger partial charge is 0.264 e. The second kappa shape index (κ2) is 11.8. The van der Waals surface area contributed by atoms with Crippen molar-refractivity contribution in [2.24, 2.45) is 0 Å². The molecule has 0 aliphatic rings. The Hall–Kier alpha value is -3.65. The molecule has 0 radical (unpaired) electrons. The van der Waals surface area contributed by atoms with Crippen LogP contribution >= 0.6 is 0 Å². The van der Waals surface area contributed by atoms with Crippen LogP contribution in [0, 0.1) is 13.8 Å². The van der Waals surface area contributed by atoms with Crippen LogP contribution in [0.1, 0.15) is 44.4 Å². The van der Waals surface area contributed by atoms with Gasteiger partial charge in [-0.3, -0.25) is 13.9 Å². The highest BCUT2D eigenvalue weighted by Crippen LogP contribution is 2.25. The van der Waals surface area contributed by atoms with Crippen LogP contribution in [0.3, 0.4) is 0 Å². The Balaban J connectivity index is 2.00. The number of nitrogens with zero attached hydrogens (tertiary/aromatic N) is 2. The zero-order valence-electron chi connectivity index (χ0n) is 22.9. The molecule has 1 atom stereocenters. The fourth-order valence-electron chi connectivity index (χ4n) is 3.91. The van der Waals surface area contributed by atoms with Crippen LogP contribution in [-0.4, -0.2) is 43.3 Å². The molecular formula is C30H37N3O4S. The molecule has 38 heavy (non-hydrogen) atoms. The van der Waals surface area contributed by atoms with Crippen molar-refractivity contribution in [2.45, 2.75) is 64.6 Å². The summed E-state index contributed by atoms with van der Waals surface area (Å²) in [5.41, 5.74) is 2.71. The van der Waals surface area contributed by atoms with Crippen LogP contribution in [0.4, 0.5) is 5.69 Å². The van der Waals surface area contributed by atoms with Gasteiger partial charge in [-0.15, -0.1) is 0 Å². The van der Waals surface area contributed by atoms with Crippen LogP contribution in [0.25, 0.3) is 0 Å². The summed E-state index contributed by atoms with van der Waals surface area (Å²) in [6.07, 6.45) is 0. The Labute approximate surface area is 226 Å². The minimum absolute atomic E-state index is 0.0864. The van der Waals surface area contributed by atoms with Crippen molar-refractivity contribution in [1.29, 1.82) is 0 Å². The van der Waals surface area contributed by atoms with Crippen molar-refractivity contribution in [3.8, 4) is 0 Å². The third-order valence-corrected chi connectivity index (χ3v) is 7.86. The van der Waals surface area contributed by atoms with Gasteiger partial charge in [0.1, 0.15) is 12.6 Å². The fraction of sp³-hybridized carbons (Fsp3) is 0.333. The highest BCUT2D eigenvalue weighted by Gasteiger charge is 2.33. The second-order valence-electron chi connectivity index (χ2n) is 10.6. The number of hydrogen-bond acceptors (Lipinski definition) is 4. The van der Waals surface area contributed by atoms with Gasteiger partial charge in [0.05, 0.1) is 10.6 Å². The van der Waals surface area contributed by atoms with Crippen molar-refractivity contribution in [3.63, 3.8) is 0 Å². The molecule has 0 bridgehead atoms. The van der Waals surface area contributed by atoms with E-state index in [9.17, 15) is 18.0 Å². The van der Waals surface area contributed by atoms with E-state index in [1.54, 1.807) is 49.4 Å². The lowest BCUT2D eigenvalue weighted by atomic mass is 10.1. The molecule has 0 unspecified atom stereocenters. The van der Waals surface area contributed by atoms with E-state index in [1.165, 1.54) is 17.0 Å². The van der Waals surface area contributed by atoms with Gasteiger partial charge in [-0.2, -0.15) is 0 Å². The zero-order chi connectivity index (χ0) is 28.1. The molecule has 0 aliphatic carbocycles. The predicted octanol–water partition coefficient (Wildman–Crippen LogP) is 4.83. The van der Waals surface area contributed by atoms with Crippen LogP contribution in [0.15, 0.2) is 83.8 Å². The van der Waals surface area contributed by atoms with Gasteiger partial charge in [-0.25, -0.2) is 8.42 Å². The maximum absolute atomic E-state index is 13.9. The van der Waals surface area contributed by atoms with Crippen molar-refractivity contribution >= 4 is 27.5 Å². The molecule has 3 rings (SSSR count). The number of rotatable bonds is 9. The second-order valence-corrected chi connectivity index (χ2v) is 12.4. The van der Waals surface area contributed by atoms with Crippen LogP contribution in [0.5, 0.6) is 0 Å². The molecule has 0 saturated carbocycles. The number of carbonyl (C=O) groups is 2. The number of sulfonamides is 1. The SMILES string of the molecule is Cc1ccc(CN(C(=O)CN(c2ccccc2)S(=O)(=O)c2ccc(C)cc2)[C@@H](C)C(=O)NC(C)(C)C)cc1. The van der Waals surface area contributed by atoms with Crippen molar-refractivity contribution in [2.75, 3.05) is 10.8 Å². The summed E-state index contributed by atoms with van der Waals surface area (Å²) in [7, 11) is -4.07.